The Labute approximate surface area is 191 Å². The number of aromatic nitrogens is 2. The lowest BCUT2D eigenvalue weighted by atomic mass is 10.1. The molecule has 0 radical (unpaired) electrons. The summed E-state index contributed by atoms with van der Waals surface area (Å²) in [6, 6.07) is 9.21. The highest BCUT2D eigenvalue weighted by molar-refractivity contribution is 7.99. The number of nitrogens with zero attached hydrogens (tertiary/aromatic N) is 2. The van der Waals surface area contributed by atoms with Crippen molar-refractivity contribution in [3.8, 4) is 17.2 Å². The van der Waals surface area contributed by atoms with E-state index in [1.54, 1.807) is 33.5 Å². The Morgan fingerprint density at radius 1 is 1.10 bits per heavy atom. The van der Waals surface area contributed by atoms with Crippen molar-refractivity contribution in [2.24, 2.45) is 0 Å². The average molecular weight is 464 g/mol. The lowest BCUT2D eigenvalue weighted by Gasteiger charge is -2.14. The number of benzene rings is 2. The van der Waals surface area contributed by atoms with Gasteiger partial charge in [-0.15, -0.1) is 0 Å². The molecule has 7 nitrogen and oxygen atoms in total. The summed E-state index contributed by atoms with van der Waals surface area (Å²) in [5, 5.41) is 4.38. The SMILES string of the molecule is CCCn1c(SCC(=O)NCc2cc(OC)c(OC)cc2OC)nc2cc(Cl)ccc21. The van der Waals surface area contributed by atoms with Crippen LogP contribution in [0.2, 0.25) is 5.02 Å². The molecule has 0 saturated carbocycles. The molecule has 0 atom stereocenters. The second kappa shape index (κ2) is 10.6. The van der Waals surface area contributed by atoms with Gasteiger partial charge in [-0.1, -0.05) is 30.3 Å². The Morgan fingerprint density at radius 3 is 2.48 bits per heavy atom. The van der Waals surface area contributed by atoms with E-state index in [0.29, 0.717) is 28.8 Å². The van der Waals surface area contributed by atoms with E-state index in [1.807, 2.05) is 18.2 Å². The van der Waals surface area contributed by atoms with Crippen molar-refractivity contribution >= 4 is 40.3 Å². The van der Waals surface area contributed by atoms with Gasteiger partial charge in [0.25, 0.3) is 0 Å². The summed E-state index contributed by atoms with van der Waals surface area (Å²) in [6.45, 7) is 3.24. The molecule has 0 spiro atoms. The molecule has 2 aromatic carbocycles. The van der Waals surface area contributed by atoms with Gasteiger partial charge >= 0.3 is 0 Å². The third kappa shape index (κ3) is 5.37. The molecule has 0 aliphatic rings. The van der Waals surface area contributed by atoms with Crippen LogP contribution in [0.15, 0.2) is 35.5 Å². The molecular formula is C22H26ClN3O4S. The summed E-state index contributed by atoms with van der Waals surface area (Å²) in [5.74, 6) is 1.91. The molecular weight excluding hydrogens is 438 g/mol. The number of aryl methyl sites for hydroxylation is 1. The van der Waals surface area contributed by atoms with E-state index in [1.165, 1.54) is 11.8 Å². The molecule has 166 valence electrons. The molecule has 3 aromatic rings. The fraction of sp³-hybridized carbons (Fsp3) is 0.364. The number of rotatable bonds is 10. The van der Waals surface area contributed by atoms with Gasteiger partial charge in [0.1, 0.15) is 5.75 Å². The third-order valence-corrected chi connectivity index (χ3v) is 5.93. The van der Waals surface area contributed by atoms with Crippen LogP contribution in [0.1, 0.15) is 18.9 Å². The summed E-state index contributed by atoms with van der Waals surface area (Å²) >= 11 is 7.51. The number of methoxy groups -OCH3 is 3. The normalized spacial score (nSPS) is 10.9. The van der Waals surface area contributed by atoms with Gasteiger partial charge in [-0.2, -0.15) is 0 Å². The molecule has 31 heavy (non-hydrogen) atoms. The van der Waals surface area contributed by atoms with Crippen LogP contribution < -0.4 is 19.5 Å². The number of halogens is 1. The third-order valence-electron chi connectivity index (χ3n) is 4.72. The monoisotopic (exact) mass is 463 g/mol. The molecule has 3 rings (SSSR count). The first-order valence-corrected chi connectivity index (χ1v) is 11.2. The number of hydrogen-bond acceptors (Lipinski definition) is 6. The van der Waals surface area contributed by atoms with Crippen LogP contribution in [0.3, 0.4) is 0 Å². The number of nitrogens with one attached hydrogen (secondary N) is 1. The fourth-order valence-corrected chi connectivity index (χ4v) is 4.27. The summed E-state index contributed by atoms with van der Waals surface area (Å²) in [5.41, 5.74) is 2.65. The number of amides is 1. The first-order valence-electron chi connectivity index (χ1n) is 9.84. The molecule has 0 saturated heterocycles. The Morgan fingerprint density at radius 2 is 1.81 bits per heavy atom. The van der Waals surface area contributed by atoms with Gasteiger partial charge in [-0.05, 0) is 30.7 Å². The molecule has 0 bridgehead atoms. The van der Waals surface area contributed by atoms with E-state index in [2.05, 4.69) is 21.8 Å². The zero-order valence-corrected chi connectivity index (χ0v) is 19.6. The van der Waals surface area contributed by atoms with Crippen LogP contribution in [-0.2, 0) is 17.9 Å². The van der Waals surface area contributed by atoms with Crippen molar-refractivity contribution in [1.29, 1.82) is 0 Å². The Bertz CT molecular complexity index is 1070. The van der Waals surface area contributed by atoms with Crippen LogP contribution in [-0.4, -0.2) is 42.5 Å². The summed E-state index contributed by atoms with van der Waals surface area (Å²) < 4.78 is 18.2. The van der Waals surface area contributed by atoms with Crippen LogP contribution in [0.4, 0.5) is 0 Å². The van der Waals surface area contributed by atoms with Crippen molar-refractivity contribution < 1.29 is 19.0 Å². The lowest BCUT2D eigenvalue weighted by Crippen LogP contribution is -2.25. The van der Waals surface area contributed by atoms with Gasteiger partial charge in [-0.3, -0.25) is 4.79 Å². The highest BCUT2D eigenvalue weighted by Crippen LogP contribution is 2.34. The van der Waals surface area contributed by atoms with E-state index in [9.17, 15) is 4.79 Å². The number of ether oxygens (including phenoxy) is 3. The Balaban J connectivity index is 1.68. The van der Waals surface area contributed by atoms with Gasteiger partial charge in [0.05, 0.1) is 38.1 Å². The quantitative estimate of drug-likeness (QED) is 0.445. The van der Waals surface area contributed by atoms with Crippen LogP contribution in [0.25, 0.3) is 11.0 Å². The number of carbonyl (C=O) groups is 1. The molecule has 0 aliphatic carbocycles. The van der Waals surface area contributed by atoms with Gasteiger partial charge in [0.15, 0.2) is 16.7 Å². The maximum atomic E-state index is 12.5. The standard InChI is InChI=1S/C22H26ClN3O4S/c1-5-8-26-17-7-6-15(23)10-16(17)25-22(26)31-13-21(27)24-12-14-9-19(29-3)20(30-4)11-18(14)28-2/h6-7,9-11H,5,8,12-13H2,1-4H3,(H,24,27). The predicted molar refractivity (Wildman–Crippen MR) is 124 cm³/mol. The smallest absolute Gasteiger partial charge is 0.230 e. The van der Waals surface area contributed by atoms with E-state index in [-0.39, 0.29) is 11.7 Å². The predicted octanol–water partition coefficient (Wildman–Crippen LogP) is 4.53. The molecule has 0 aliphatic heterocycles. The van der Waals surface area contributed by atoms with Crippen LogP contribution in [0.5, 0.6) is 17.2 Å². The van der Waals surface area contributed by atoms with Gasteiger partial charge < -0.3 is 24.1 Å². The van der Waals surface area contributed by atoms with Crippen molar-refractivity contribution in [2.45, 2.75) is 31.6 Å². The zero-order valence-electron chi connectivity index (χ0n) is 18.0. The lowest BCUT2D eigenvalue weighted by molar-refractivity contribution is -0.118. The molecule has 0 unspecified atom stereocenters. The minimum Gasteiger partial charge on any atom is -0.496 e. The van der Waals surface area contributed by atoms with Gasteiger partial charge in [0.2, 0.25) is 5.91 Å². The summed E-state index contributed by atoms with van der Waals surface area (Å²) in [6.07, 6.45) is 0.965. The van der Waals surface area contributed by atoms with Crippen molar-refractivity contribution in [2.75, 3.05) is 27.1 Å². The second-order valence-electron chi connectivity index (χ2n) is 6.76. The minimum atomic E-state index is -0.102. The number of fused-ring (bicyclic) bond motifs is 1. The number of thioether (sulfide) groups is 1. The van der Waals surface area contributed by atoms with Crippen LogP contribution in [0, 0.1) is 0 Å². The van der Waals surface area contributed by atoms with Gasteiger partial charge in [0, 0.05) is 29.7 Å². The topological polar surface area (TPSA) is 74.6 Å². The Kier molecular flexibility index (Phi) is 7.92. The largest absolute Gasteiger partial charge is 0.496 e. The second-order valence-corrected chi connectivity index (χ2v) is 8.14. The van der Waals surface area contributed by atoms with Crippen LogP contribution >= 0.6 is 23.4 Å². The molecule has 0 fully saturated rings. The maximum Gasteiger partial charge on any atom is 0.230 e. The van der Waals surface area contributed by atoms with Gasteiger partial charge in [-0.25, -0.2) is 4.98 Å². The number of imidazole rings is 1. The van der Waals surface area contributed by atoms with E-state index >= 15 is 0 Å². The zero-order chi connectivity index (χ0) is 22.4. The highest BCUT2D eigenvalue weighted by Gasteiger charge is 2.15. The molecule has 1 N–H and O–H groups in total. The Hall–Kier alpha value is -2.58. The minimum absolute atomic E-state index is 0.102. The van der Waals surface area contributed by atoms with Crippen molar-refractivity contribution in [3.05, 3.63) is 40.9 Å². The number of hydrogen-bond donors (Lipinski definition) is 1. The average Bonchev–Trinajstić information content (AvgIpc) is 3.12. The summed E-state index contributed by atoms with van der Waals surface area (Å²) in [7, 11) is 4.71. The van der Waals surface area contributed by atoms with Crippen molar-refractivity contribution in [1.82, 2.24) is 14.9 Å². The molecule has 9 heteroatoms. The molecule has 1 aromatic heterocycles. The van der Waals surface area contributed by atoms with E-state index in [4.69, 9.17) is 25.8 Å². The van der Waals surface area contributed by atoms with Crippen molar-refractivity contribution in [3.63, 3.8) is 0 Å². The molecule has 1 amide bonds. The first kappa shape index (κ1) is 23.1. The number of carbonyl (C=O) groups excluding carboxylic acids is 1. The fourth-order valence-electron chi connectivity index (χ4n) is 3.24. The maximum absolute atomic E-state index is 12.5. The first-order chi connectivity index (χ1) is 15.0. The highest BCUT2D eigenvalue weighted by atomic mass is 35.5. The van der Waals surface area contributed by atoms with E-state index in [0.717, 1.165) is 34.7 Å². The van der Waals surface area contributed by atoms with E-state index < -0.39 is 0 Å². The molecule has 1 heterocycles. The summed E-state index contributed by atoms with van der Waals surface area (Å²) in [4.78, 5) is 17.2.